The highest BCUT2D eigenvalue weighted by atomic mass is 79.9. The van der Waals surface area contributed by atoms with Gasteiger partial charge in [0, 0.05) is 0 Å². The summed E-state index contributed by atoms with van der Waals surface area (Å²) in [6, 6.07) is 2.27. The molecule has 1 rings (SSSR count). The van der Waals surface area contributed by atoms with Gasteiger partial charge in [-0.15, -0.1) is 0 Å². The van der Waals surface area contributed by atoms with E-state index in [1.165, 1.54) is 27.8 Å². The first-order valence-corrected chi connectivity index (χ1v) is 6.15. The predicted molar refractivity (Wildman–Crippen MR) is 70.7 cm³/mol. The first-order chi connectivity index (χ1) is 6.86. The van der Waals surface area contributed by atoms with E-state index in [9.17, 15) is 0 Å². The molecular formula is C13H20BrN. The van der Waals surface area contributed by atoms with E-state index >= 15 is 0 Å². The third-order valence-corrected chi connectivity index (χ3v) is 4.39. The van der Waals surface area contributed by atoms with Crippen molar-refractivity contribution < 1.29 is 0 Å². The minimum atomic E-state index is 0.302. The molecule has 0 heterocycles. The van der Waals surface area contributed by atoms with Crippen LogP contribution in [0.25, 0.3) is 0 Å². The molecule has 2 heteroatoms. The van der Waals surface area contributed by atoms with Crippen molar-refractivity contribution in [3.05, 3.63) is 33.9 Å². The maximum absolute atomic E-state index is 3.75. The quantitative estimate of drug-likeness (QED) is 0.582. The Morgan fingerprint density at radius 2 is 1.40 bits per heavy atom. The van der Waals surface area contributed by atoms with Gasteiger partial charge < -0.3 is 0 Å². The van der Waals surface area contributed by atoms with Crippen LogP contribution in [0.4, 0.5) is 0 Å². The summed E-state index contributed by atoms with van der Waals surface area (Å²) in [5.41, 5.74) is 6.96. The Balaban J connectivity index is 3.39. The van der Waals surface area contributed by atoms with Crippen LogP contribution in [-0.2, 0) is 0 Å². The van der Waals surface area contributed by atoms with Gasteiger partial charge in [0.05, 0.1) is 4.95 Å². The van der Waals surface area contributed by atoms with Crippen molar-refractivity contribution in [2.45, 2.75) is 32.6 Å². The average molecular weight is 270 g/mol. The van der Waals surface area contributed by atoms with E-state index in [1.54, 1.807) is 0 Å². The van der Waals surface area contributed by atoms with Gasteiger partial charge in [0.2, 0.25) is 0 Å². The molecule has 0 N–H and O–H groups in total. The van der Waals surface area contributed by atoms with Crippen molar-refractivity contribution in [3.8, 4) is 0 Å². The topological polar surface area (TPSA) is 3.24 Å². The van der Waals surface area contributed by atoms with Crippen LogP contribution in [0, 0.1) is 27.7 Å². The molecule has 0 aliphatic heterocycles. The number of benzene rings is 1. The zero-order chi connectivity index (χ0) is 11.7. The van der Waals surface area contributed by atoms with Crippen molar-refractivity contribution in [1.29, 1.82) is 0 Å². The van der Waals surface area contributed by atoms with Crippen molar-refractivity contribution in [2.75, 3.05) is 14.1 Å². The molecule has 0 fully saturated rings. The van der Waals surface area contributed by atoms with Gasteiger partial charge in [-0.3, -0.25) is 4.90 Å². The van der Waals surface area contributed by atoms with E-state index in [0.29, 0.717) is 4.95 Å². The Kier molecular flexibility index (Phi) is 3.96. The molecule has 1 unspecified atom stereocenters. The molecule has 1 atom stereocenters. The van der Waals surface area contributed by atoms with E-state index in [2.05, 4.69) is 68.7 Å². The van der Waals surface area contributed by atoms with Crippen molar-refractivity contribution >= 4 is 15.9 Å². The molecule has 0 radical (unpaired) electrons. The zero-order valence-corrected chi connectivity index (χ0v) is 12.1. The number of rotatable bonds is 2. The van der Waals surface area contributed by atoms with Crippen molar-refractivity contribution in [3.63, 3.8) is 0 Å². The average Bonchev–Trinajstić information content (AvgIpc) is 2.15. The van der Waals surface area contributed by atoms with Crippen LogP contribution in [0.15, 0.2) is 6.07 Å². The minimum Gasteiger partial charge on any atom is -0.293 e. The van der Waals surface area contributed by atoms with Crippen LogP contribution in [0.2, 0.25) is 0 Å². The van der Waals surface area contributed by atoms with Crippen LogP contribution in [-0.4, -0.2) is 19.0 Å². The standard InChI is InChI=1S/C13H20BrN/c1-8-7-9(2)11(4)12(10(8)3)13(14)15(5)6/h7,13H,1-6H3. The van der Waals surface area contributed by atoms with Gasteiger partial charge in [-0.05, 0) is 69.6 Å². The van der Waals surface area contributed by atoms with Gasteiger partial charge in [0.25, 0.3) is 0 Å². The molecule has 0 aromatic heterocycles. The molecular weight excluding hydrogens is 250 g/mol. The molecule has 0 aliphatic carbocycles. The van der Waals surface area contributed by atoms with Crippen molar-refractivity contribution in [2.24, 2.45) is 0 Å². The molecule has 0 spiro atoms. The fraction of sp³-hybridized carbons (Fsp3) is 0.538. The second kappa shape index (κ2) is 4.67. The van der Waals surface area contributed by atoms with Crippen LogP contribution in [0.1, 0.15) is 32.8 Å². The summed E-state index contributed by atoms with van der Waals surface area (Å²) in [6.45, 7) is 8.77. The first-order valence-electron chi connectivity index (χ1n) is 5.24. The lowest BCUT2D eigenvalue weighted by molar-refractivity contribution is 0.395. The molecule has 0 saturated carbocycles. The maximum Gasteiger partial charge on any atom is 0.0911 e. The molecule has 1 aromatic carbocycles. The fourth-order valence-electron chi connectivity index (χ4n) is 1.86. The fourth-order valence-corrected chi connectivity index (χ4v) is 2.55. The molecule has 84 valence electrons. The molecule has 0 aliphatic rings. The summed E-state index contributed by atoms with van der Waals surface area (Å²) in [6.07, 6.45) is 0. The first kappa shape index (κ1) is 12.7. The largest absolute Gasteiger partial charge is 0.293 e. The van der Waals surface area contributed by atoms with Crippen LogP contribution >= 0.6 is 15.9 Å². The molecule has 1 nitrogen and oxygen atoms in total. The third kappa shape index (κ3) is 2.43. The molecule has 0 bridgehead atoms. The highest BCUT2D eigenvalue weighted by Gasteiger charge is 2.17. The summed E-state index contributed by atoms with van der Waals surface area (Å²) in [5.74, 6) is 0. The van der Waals surface area contributed by atoms with E-state index in [1.807, 2.05) is 0 Å². The SMILES string of the molecule is Cc1cc(C)c(C)c(C(Br)N(C)C)c1C. The number of nitrogens with zero attached hydrogens (tertiary/aromatic N) is 1. The third-order valence-electron chi connectivity index (χ3n) is 3.12. The molecule has 0 amide bonds. The Morgan fingerprint density at radius 1 is 1.00 bits per heavy atom. The highest BCUT2D eigenvalue weighted by Crippen LogP contribution is 2.33. The summed E-state index contributed by atoms with van der Waals surface area (Å²) in [7, 11) is 4.19. The van der Waals surface area contributed by atoms with Crippen LogP contribution in [0.5, 0.6) is 0 Å². The molecule has 15 heavy (non-hydrogen) atoms. The summed E-state index contributed by atoms with van der Waals surface area (Å²) < 4.78 is 0. The van der Waals surface area contributed by atoms with Gasteiger partial charge in [0.1, 0.15) is 0 Å². The molecule has 1 aromatic rings. The van der Waals surface area contributed by atoms with Gasteiger partial charge in [-0.1, -0.05) is 22.0 Å². The normalized spacial score (nSPS) is 13.3. The van der Waals surface area contributed by atoms with Crippen molar-refractivity contribution in [1.82, 2.24) is 4.90 Å². The van der Waals surface area contributed by atoms with Crippen LogP contribution in [0.3, 0.4) is 0 Å². The maximum atomic E-state index is 3.75. The van der Waals surface area contributed by atoms with Gasteiger partial charge in [-0.25, -0.2) is 0 Å². The van der Waals surface area contributed by atoms with E-state index < -0.39 is 0 Å². The number of halogens is 1. The smallest absolute Gasteiger partial charge is 0.0911 e. The number of hydrogen-bond acceptors (Lipinski definition) is 1. The molecule has 0 saturated heterocycles. The lowest BCUT2D eigenvalue weighted by Gasteiger charge is -2.24. The summed E-state index contributed by atoms with van der Waals surface area (Å²) >= 11 is 3.75. The summed E-state index contributed by atoms with van der Waals surface area (Å²) in [4.78, 5) is 2.49. The lowest BCUT2D eigenvalue weighted by Crippen LogP contribution is -2.17. The highest BCUT2D eigenvalue weighted by molar-refractivity contribution is 9.09. The monoisotopic (exact) mass is 269 g/mol. The Hall–Kier alpha value is -0.340. The number of alkyl halides is 1. The second-order valence-electron chi connectivity index (χ2n) is 4.47. The van der Waals surface area contributed by atoms with Crippen LogP contribution < -0.4 is 0 Å². The Bertz CT molecular complexity index is 343. The summed E-state index contributed by atoms with van der Waals surface area (Å²) in [5, 5.41) is 0. The number of aryl methyl sites for hydroxylation is 2. The second-order valence-corrected chi connectivity index (χ2v) is 5.34. The van der Waals surface area contributed by atoms with Gasteiger partial charge >= 0.3 is 0 Å². The van der Waals surface area contributed by atoms with E-state index in [-0.39, 0.29) is 0 Å². The van der Waals surface area contributed by atoms with Gasteiger partial charge in [0.15, 0.2) is 0 Å². The minimum absolute atomic E-state index is 0.302. The Morgan fingerprint density at radius 3 is 1.73 bits per heavy atom. The van der Waals surface area contributed by atoms with E-state index in [4.69, 9.17) is 0 Å². The van der Waals surface area contributed by atoms with E-state index in [0.717, 1.165) is 0 Å². The van der Waals surface area contributed by atoms with Gasteiger partial charge in [-0.2, -0.15) is 0 Å². The number of hydrogen-bond donors (Lipinski definition) is 0. The lowest BCUT2D eigenvalue weighted by atomic mass is 9.94. The Labute approximate surface area is 102 Å². The predicted octanol–water partition coefficient (Wildman–Crippen LogP) is 3.88. The zero-order valence-electron chi connectivity index (χ0n) is 10.5.